The summed E-state index contributed by atoms with van der Waals surface area (Å²) in [5, 5.41) is 16.7. The van der Waals surface area contributed by atoms with E-state index < -0.39 is 0 Å². The van der Waals surface area contributed by atoms with E-state index >= 15 is 0 Å². The van der Waals surface area contributed by atoms with Gasteiger partial charge in [0.15, 0.2) is 0 Å². The first-order chi connectivity index (χ1) is 9.74. The summed E-state index contributed by atoms with van der Waals surface area (Å²) in [5.41, 5.74) is 1.38. The topological polar surface area (TPSA) is 83.6 Å². The summed E-state index contributed by atoms with van der Waals surface area (Å²) in [6.07, 6.45) is 2.14. The molecule has 20 heavy (non-hydrogen) atoms. The maximum absolute atomic E-state index is 12.1. The molecule has 1 amide bonds. The Labute approximate surface area is 118 Å². The van der Waals surface area contributed by atoms with Crippen LogP contribution in [0.1, 0.15) is 37.0 Å². The number of hydrogen-bond donors (Lipinski definition) is 2. The van der Waals surface area contributed by atoms with Crippen LogP contribution in [0.5, 0.6) is 0 Å². The summed E-state index contributed by atoms with van der Waals surface area (Å²) in [4.78, 5) is 12.1. The van der Waals surface area contributed by atoms with Crippen molar-refractivity contribution in [3.63, 3.8) is 0 Å². The molecule has 0 bridgehead atoms. The van der Waals surface area contributed by atoms with Gasteiger partial charge < -0.3 is 5.32 Å². The molecule has 2 rings (SSSR count). The van der Waals surface area contributed by atoms with E-state index in [1.54, 1.807) is 12.1 Å². The molecule has 0 saturated carbocycles. The van der Waals surface area contributed by atoms with E-state index in [1.165, 1.54) is 0 Å². The first-order valence-electron chi connectivity index (χ1n) is 6.86. The molecule has 0 spiro atoms. The van der Waals surface area contributed by atoms with Crippen molar-refractivity contribution < 1.29 is 4.79 Å². The lowest BCUT2D eigenvalue weighted by atomic mass is 10.0. The Morgan fingerprint density at radius 2 is 2.15 bits per heavy atom. The number of nitrogens with zero attached hydrogens (tertiary/aromatic N) is 3. The van der Waals surface area contributed by atoms with Crippen LogP contribution >= 0.6 is 0 Å². The minimum Gasteiger partial charge on any atom is -0.352 e. The van der Waals surface area contributed by atoms with Gasteiger partial charge in [0.05, 0.1) is 0 Å². The van der Waals surface area contributed by atoms with Gasteiger partial charge in [0.2, 0.25) is 5.82 Å². The van der Waals surface area contributed by atoms with Gasteiger partial charge in [0.25, 0.3) is 5.91 Å². The Morgan fingerprint density at radius 3 is 2.80 bits per heavy atom. The molecule has 106 valence electrons. The monoisotopic (exact) mass is 273 g/mol. The number of aromatic nitrogens is 4. The largest absolute Gasteiger partial charge is 0.352 e. The lowest BCUT2D eigenvalue weighted by Crippen LogP contribution is -2.28. The molecule has 6 heteroatoms. The second-order valence-corrected chi connectivity index (χ2v) is 4.71. The fourth-order valence-electron chi connectivity index (χ4n) is 2.00. The predicted molar refractivity (Wildman–Crippen MR) is 76.0 cm³/mol. The standard InChI is InChI=1S/C14H19N5O/c1-3-10(4-2)9-15-14(20)12-7-5-6-11(8-12)13-16-18-19-17-13/h5-8,10H,3-4,9H2,1-2H3,(H,15,20)(H,16,17,18,19). The second kappa shape index (κ2) is 6.79. The minimum absolute atomic E-state index is 0.0674. The molecule has 2 aromatic rings. The zero-order valence-electron chi connectivity index (χ0n) is 11.8. The quantitative estimate of drug-likeness (QED) is 0.843. The van der Waals surface area contributed by atoms with Gasteiger partial charge in [-0.05, 0) is 23.3 Å². The van der Waals surface area contributed by atoms with Crippen molar-refractivity contribution in [3.05, 3.63) is 29.8 Å². The summed E-state index contributed by atoms with van der Waals surface area (Å²) in [6, 6.07) is 7.22. The first kappa shape index (κ1) is 14.2. The highest BCUT2D eigenvalue weighted by molar-refractivity contribution is 5.95. The third-order valence-electron chi connectivity index (χ3n) is 3.43. The van der Waals surface area contributed by atoms with Crippen molar-refractivity contribution in [1.29, 1.82) is 0 Å². The van der Waals surface area contributed by atoms with Crippen LogP contribution in [0, 0.1) is 5.92 Å². The van der Waals surface area contributed by atoms with Gasteiger partial charge in [-0.1, -0.05) is 38.8 Å². The fourth-order valence-corrected chi connectivity index (χ4v) is 2.00. The second-order valence-electron chi connectivity index (χ2n) is 4.71. The van der Waals surface area contributed by atoms with Crippen molar-refractivity contribution in [2.75, 3.05) is 6.54 Å². The van der Waals surface area contributed by atoms with Crippen molar-refractivity contribution >= 4 is 5.91 Å². The van der Waals surface area contributed by atoms with E-state index in [2.05, 4.69) is 39.8 Å². The number of hydrogen-bond acceptors (Lipinski definition) is 4. The summed E-state index contributed by atoms with van der Waals surface area (Å²) in [7, 11) is 0. The average molecular weight is 273 g/mol. The fraction of sp³-hybridized carbons (Fsp3) is 0.429. The van der Waals surface area contributed by atoms with Crippen molar-refractivity contribution in [2.24, 2.45) is 5.92 Å². The number of rotatable bonds is 6. The molecular formula is C14H19N5O. The van der Waals surface area contributed by atoms with Crippen LogP contribution in [0.4, 0.5) is 0 Å². The molecule has 0 aliphatic heterocycles. The molecule has 1 aromatic heterocycles. The molecule has 1 aromatic carbocycles. The van der Waals surface area contributed by atoms with Crippen LogP contribution in [0.2, 0.25) is 0 Å². The lowest BCUT2D eigenvalue weighted by Gasteiger charge is -2.13. The van der Waals surface area contributed by atoms with Crippen LogP contribution in [0.3, 0.4) is 0 Å². The SMILES string of the molecule is CCC(CC)CNC(=O)c1cccc(-c2nn[nH]n2)c1. The van der Waals surface area contributed by atoms with Crippen LogP contribution < -0.4 is 5.32 Å². The zero-order chi connectivity index (χ0) is 14.4. The molecule has 0 saturated heterocycles. The molecule has 0 radical (unpaired) electrons. The van der Waals surface area contributed by atoms with Crippen LogP contribution in [0.15, 0.2) is 24.3 Å². The third-order valence-corrected chi connectivity index (χ3v) is 3.43. The minimum atomic E-state index is -0.0674. The molecule has 0 aliphatic rings. The van der Waals surface area contributed by atoms with Gasteiger partial charge in [-0.15, -0.1) is 10.2 Å². The molecule has 6 nitrogen and oxygen atoms in total. The summed E-state index contributed by atoms with van der Waals surface area (Å²) in [6.45, 7) is 4.98. The maximum atomic E-state index is 12.1. The van der Waals surface area contributed by atoms with E-state index in [-0.39, 0.29) is 5.91 Å². The number of carbonyl (C=O) groups excluding carboxylic acids is 1. The van der Waals surface area contributed by atoms with E-state index in [4.69, 9.17) is 0 Å². The number of H-pyrrole nitrogens is 1. The highest BCUT2D eigenvalue weighted by Gasteiger charge is 2.10. The number of amides is 1. The van der Waals surface area contributed by atoms with Crippen molar-refractivity contribution in [1.82, 2.24) is 25.9 Å². The van der Waals surface area contributed by atoms with Gasteiger partial charge >= 0.3 is 0 Å². The van der Waals surface area contributed by atoms with E-state index in [1.807, 2.05) is 12.1 Å². The number of carbonyl (C=O) groups is 1. The van der Waals surface area contributed by atoms with E-state index in [9.17, 15) is 4.79 Å². The first-order valence-corrected chi connectivity index (χ1v) is 6.86. The van der Waals surface area contributed by atoms with Gasteiger partial charge in [0.1, 0.15) is 0 Å². The molecule has 0 aliphatic carbocycles. The normalized spacial score (nSPS) is 10.8. The summed E-state index contributed by atoms with van der Waals surface area (Å²) in [5.74, 6) is 0.946. The van der Waals surface area contributed by atoms with Crippen molar-refractivity contribution in [2.45, 2.75) is 26.7 Å². The highest BCUT2D eigenvalue weighted by atomic mass is 16.1. The Bertz CT molecular complexity index is 548. The Balaban J connectivity index is 2.05. The predicted octanol–water partition coefficient (Wildman–Crippen LogP) is 2.03. The lowest BCUT2D eigenvalue weighted by molar-refractivity contribution is 0.0946. The average Bonchev–Trinajstić information content (AvgIpc) is 3.02. The third kappa shape index (κ3) is 3.40. The number of nitrogens with one attached hydrogen (secondary N) is 2. The molecule has 0 fully saturated rings. The van der Waals surface area contributed by atoms with Gasteiger partial charge in [-0.25, -0.2) is 0 Å². The van der Waals surface area contributed by atoms with E-state index in [0.717, 1.165) is 18.4 Å². The Hall–Kier alpha value is -2.24. The molecule has 1 heterocycles. The smallest absolute Gasteiger partial charge is 0.251 e. The van der Waals surface area contributed by atoms with Gasteiger partial charge in [0, 0.05) is 17.7 Å². The number of tetrazole rings is 1. The van der Waals surface area contributed by atoms with Crippen LogP contribution in [-0.2, 0) is 0 Å². The molecule has 0 atom stereocenters. The van der Waals surface area contributed by atoms with E-state index in [0.29, 0.717) is 23.9 Å². The van der Waals surface area contributed by atoms with Crippen LogP contribution in [-0.4, -0.2) is 33.1 Å². The zero-order valence-corrected chi connectivity index (χ0v) is 11.8. The Morgan fingerprint density at radius 1 is 1.35 bits per heavy atom. The number of aromatic amines is 1. The molecule has 0 unspecified atom stereocenters. The molecular weight excluding hydrogens is 254 g/mol. The highest BCUT2D eigenvalue weighted by Crippen LogP contribution is 2.15. The van der Waals surface area contributed by atoms with Gasteiger partial charge in [-0.3, -0.25) is 4.79 Å². The van der Waals surface area contributed by atoms with Crippen LogP contribution in [0.25, 0.3) is 11.4 Å². The van der Waals surface area contributed by atoms with Gasteiger partial charge in [-0.2, -0.15) is 5.21 Å². The summed E-state index contributed by atoms with van der Waals surface area (Å²) >= 11 is 0. The number of benzene rings is 1. The Kier molecular flexibility index (Phi) is 4.81. The van der Waals surface area contributed by atoms with Crippen molar-refractivity contribution in [3.8, 4) is 11.4 Å². The maximum Gasteiger partial charge on any atom is 0.251 e. The summed E-state index contributed by atoms with van der Waals surface area (Å²) < 4.78 is 0. The molecule has 2 N–H and O–H groups in total.